The minimum Gasteiger partial charge on any atom is -0.455 e. The van der Waals surface area contributed by atoms with E-state index in [4.69, 9.17) is 4.74 Å². The number of benzene rings is 7. The van der Waals surface area contributed by atoms with Crippen LogP contribution in [0.1, 0.15) is 0 Å². The molecular weight excluding hydrogens is 448 g/mol. The molecule has 0 atom stereocenters. The molecule has 1 aliphatic rings. The maximum absolute atomic E-state index is 6.75. The van der Waals surface area contributed by atoms with E-state index in [2.05, 4.69) is 127 Å². The summed E-state index contributed by atoms with van der Waals surface area (Å²) in [5, 5.41) is 7.34. The van der Waals surface area contributed by atoms with Gasteiger partial charge in [-0.3, -0.25) is 0 Å². The summed E-state index contributed by atoms with van der Waals surface area (Å²) in [6.07, 6.45) is 0. The van der Waals surface area contributed by atoms with Crippen molar-refractivity contribution in [1.82, 2.24) is 0 Å². The van der Waals surface area contributed by atoms with Gasteiger partial charge in [-0.15, -0.1) is 0 Å². The van der Waals surface area contributed by atoms with Crippen molar-refractivity contribution in [3.05, 3.63) is 133 Å². The minimum absolute atomic E-state index is 0.907. The number of fused-ring (bicyclic) bond motifs is 4. The van der Waals surface area contributed by atoms with Crippen LogP contribution in [0.15, 0.2) is 133 Å². The molecule has 0 saturated heterocycles. The topological polar surface area (TPSA) is 9.23 Å². The van der Waals surface area contributed by atoms with Crippen molar-refractivity contribution in [2.45, 2.75) is 0 Å². The summed E-state index contributed by atoms with van der Waals surface area (Å²) in [5.41, 5.74) is 7.22. The molecule has 1 heteroatoms. The van der Waals surface area contributed by atoms with Crippen LogP contribution < -0.4 is 4.74 Å². The molecule has 0 bridgehead atoms. The fourth-order valence-electron chi connectivity index (χ4n) is 6.10. The molecule has 0 spiro atoms. The third-order valence-electron chi connectivity index (χ3n) is 7.65. The van der Waals surface area contributed by atoms with E-state index in [9.17, 15) is 0 Å². The summed E-state index contributed by atoms with van der Waals surface area (Å²) in [6, 6.07) is 47.7. The molecule has 0 N–H and O–H groups in total. The Labute approximate surface area is 215 Å². The van der Waals surface area contributed by atoms with Crippen LogP contribution in [0.4, 0.5) is 0 Å². The fraction of sp³-hybridized carbons (Fsp3) is 0. The molecule has 0 fully saturated rings. The van der Waals surface area contributed by atoms with E-state index in [1.807, 2.05) is 6.07 Å². The fourth-order valence-corrected chi connectivity index (χ4v) is 6.10. The molecule has 7 aromatic rings. The third-order valence-corrected chi connectivity index (χ3v) is 7.65. The molecule has 0 unspecified atom stereocenters. The molecular formula is C36H22O. The smallest absolute Gasteiger partial charge is 0.143 e. The molecule has 8 rings (SSSR count). The zero-order chi connectivity index (χ0) is 24.3. The summed E-state index contributed by atoms with van der Waals surface area (Å²) < 4.78 is 6.75. The lowest BCUT2D eigenvalue weighted by molar-refractivity contribution is 0.489. The first-order chi connectivity index (χ1) is 18.4. The maximum Gasteiger partial charge on any atom is 0.143 e. The predicted octanol–water partition coefficient (Wildman–Crippen LogP) is 10.3. The Morgan fingerprint density at radius 1 is 0.378 bits per heavy atom. The Kier molecular flexibility index (Phi) is 4.29. The normalized spacial score (nSPS) is 12.0. The van der Waals surface area contributed by atoms with E-state index >= 15 is 0 Å². The highest BCUT2D eigenvalue weighted by atomic mass is 16.5. The van der Waals surface area contributed by atoms with Gasteiger partial charge in [-0.2, -0.15) is 0 Å². The van der Waals surface area contributed by atoms with Gasteiger partial charge in [-0.05, 0) is 55.8 Å². The summed E-state index contributed by atoms with van der Waals surface area (Å²) in [7, 11) is 0. The maximum atomic E-state index is 6.75. The molecule has 0 aliphatic carbocycles. The van der Waals surface area contributed by atoms with Crippen molar-refractivity contribution >= 4 is 32.3 Å². The average Bonchev–Trinajstić information content (AvgIpc) is 2.97. The first kappa shape index (κ1) is 20.3. The van der Waals surface area contributed by atoms with Crippen LogP contribution in [0.2, 0.25) is 0 Å². The van der Waals surface area contributed by atoms with Crippen LogP contribution in [0.25, 0.3) is 65.7 Å². The highest BCUT2D eigenvalue weighted by Gasteiger charge is 2.25. The largest absolute Gasteiger partial charge is 0.455 e. The standard InChI is InChI=1S/C36H22O/c1-2-11-23(12-3-1)33-27-15-4-6-17-29(27)35(30-18-7-5-16-28(30)33)31-22-21-24-13-10-19-26-25-14-8-9-20-32(25)37-36(31)34(24)26/h1-22H. The first-order valence-electron chi connectivity index (χ1n) is 12.7. The van der Waals surface area contributed by atoms with Crippen molar-refractivity contribution in [1.29, 1.82) is 0 Å². The lowest BCUT2D eigenvalue weighted by Gasteiger charge is -2.25. The highest BCUT2D eigenvalue weighted by molar-refractivity contribution is 6.23. The Hall–Kier alpha value is -4.88. The van der Waals surface area contributed by atoms with E-state index in [0.29, 0.717) is 0 Å². The summed E-state index contributed by atoms with van der Waals surface area (Å²) in [4.78, 5) is 0. The molecule has 1 nitrogen and oxygen atoms in total. The van der Waals surface area contributed by atoms with Crippen LogP contribution in [0.3, 0.4) is 0 Å². The average molecular weight is 471 g/mol. The van der Waals surface area contributed by atoms with E-state index < -0.39 is 0 Å². The van der Waals surface area contributed by atoms with Gasteiger partial charge in [-0.25, -0.2) is 0 Å². The SMILES string of the molecule is c1ccc(-c2c3ccccc3c(-c3ccc4cccc5c4c3Oc3ccccc3-5)c3ccccc23)cc1. The lowest BCUT2D eigenvalue weighted by atomic mass is 9.84. The van der Waals surface area contributed by atoms with Crippen LogP contribution >= 0.6 is 0 Å². The van der Waals surface area contributed by atoms with Crippen LogP contribution in [0, 0.1) is 0 Å². The summed E-state index contributed by atoms with van der Waals surface area (Å²) in [6.45, 7) is 0. The molecule has 0 saturated carbocycles. The summed E-state index contributed by atoms with van der Waals surface area (Å²) in [5.74, 6) is 1.85. The molecule has 7 aromatic carbocycles. The molecule has 0 aromatic heterocycles. The van der Waals surface area contributed by atoms with Crippen molar-refractivity contribution in [3.8, 4) is 44.9 Å². The molecule has 0 radical (unpaired) electrons. The Bertz CT molecular complexity index is 1940. The second kappa shape index (κ2) is 7.81. The number of ether oxygens (including phenoxy) is 1. The van der Waals surface area contributed by atoms with Gasteiger partial charge in [-0.1, -0.05) is 121 Å². The van der Waals surface area contributed by atoms with E-state index in [1.165, 1.54) is 54.6 Å². The quantitative estimate of drug-likeness (QED) is 0.228. The Morgan fingerprint density at radius 2 is 0.973 bits per heavy atom. The lowest BCUT2D eigenvalue weighted by Crippen LogP contribution is -1.99. The van der Waals surface area contributed by atoms with E-state index in [0.717, 1.165) is 22.6 Å². The van der Waals surface area contributed by atoms with Gasteiger partial charge in [0, 0.05) is 22.1 Å². The zero-order valence-corrected chi connectivity index (χ0v) is 20.1. The van der Waals surface area contributed by atoms with Gasteiger partial charge >= 0.3 is 0 Å². The van der Waals surface area contributed by atoms with Gasteiger partial charge in [0.15, 0.2) is 0 Å². The Morgan fingerprint density at radius 3 is 1.70 bits per heavy atom. The van der Waals surface area contributed by atoms with Gasteiger partial charge in [0.05, 0.1) is 0 Å². The number of rotatable bonds is 2. The molecule has 1 heterocycles. The van der Waals surface area contributed by atoms with Gasteiger partial charge in [0.1, 0.15) is 11.5 Å². The minimum atomic E-state index is 0.907. The second-order valence-corrected chi connectivity index (χ2v) is 9.65. The van der Waals surface area contributed by atoms with Gasteiger partial charge in [0.2, 0.25) is 0 Å². The number of hydrogen-bond acceptors (Lipinski definition) is 1. The predicted molar refractivity (Wildman–Crippen MR) is 155 cm³/mol. The molecule has 172 valence electrons. The van der Waals surface area contributed by atoms with Gasteiger partial charge < -0.3 is 4.74 Å². The van der Waals surface area contributed by atoms with Crippen molar-refractivity contribution in [2.75, 3.05) is 0 Å². The van der Waals surface area contributed by atoms with E-state index in [-0.39, 0.29) is 0 Å². The second-order valence-electron chi connectivity index (χ2n) is 9.65. The Balaban J connectivity index is 1.55. The summed E-state index contributed by atoms with van der Waals surface area (Å²) >= 11 is 0. The van der Waals surface area contributed by atoms with Crippen LogP contribution in [0.5, 0.6) is 11.5 Å². The van der Waals surface area contributed by atoms with Crippen molar-refractivity contribution in [3.63, 3.8) is 0 Å². The highest BCUT2D eigenvalue weighted by Crippen LogP contribution is 2.53. The first-order valence-corrected chi connectivity index (χ1v) is 12.7. The van der Waals surface area contributed by atoms with Crippen LogP contribution in [-0.2, 0) is 0 Å². The zero-order valence-electron chi connectivity index (χ0n) is 20.1. The number of hydrogen-bond donors (Lipinski definition) is 0. The molecule has 1 aliphatic heterocycles. The number of para-hydroxylation sites is 1. The molecule has 37 heavy (non-hydrogen) atoms. The van der Waals surface area contributed by atoms with Crippen molar-refractivity contribution < 1.29 is 4.74 Å². The van der Waals surface area contributed by atoms with E-state index in [1.54, 1.807) is 0 Å². The van der Waals surface area contributed by atoms with Crippen molar-refractivity contribution in [2.24, 2.45) is 0 Å². The third kappa shape index (κ3) is 2.92. The molecule has 0 amide bonds. The monoisotopic (exact) mass is 470 g/mol. The van der Waals surface area contributed by atoms with Crippen LogP contribution in [-0.4, -0.2) is 0 Å². The van der Waals surface area contributed by atoms with Gasteiger partial charge in [0.25, 0.3) is 0 Å².